The number of aromatic nitrogens is 1. The number of rotatable bonds is 7. The quantitative estimate of drug-likeness (QED) is 0.715. The monoisotopic (exact) mass is 398 g/mol. The molecule has 0 N–H and O–H groups in total. The minimum atomic E-state index is -0.115. The average Bonchev–Trinajstić information content (AvgIpc) is 2.51. The molecule has 1 unspecified atom stereocenters. The van der Waals surface area contributed by atoms with Crippen molar-refractivity contribution < 1.29 is 4.74 Å². The fraction of sp³-hybridized carbons (Fsp3) is 0.353. The average molecular weight is 400 g/mol. The molecule has 0 saturated carbocycles. The van der Waals surface area contributed by atoms with Crippen molar-refractivity contribution in [3.8, 4) is 0 Å². The number of hydrogen-bond acceptors (Lipinski definition) is 3. The summed E-state index contributed by atoms with van der Waals surface area (Å²) in [6.45, 7) is 2.12. The molecule has 0 amide bonds. The van der Waals surface area contributed by atoms with Crippen molar-refractivity contribution in [2.45, 2.75) is 6.04 Å². The Balaban J connectivity index is 2.36. The van der Waals surface area contributed by atoms with Crippen molar-refractivity contribution >= 4 is 27.5 Å². The normalized spacial score (nSPS) is 12.6. The van der Waals surface area contributed by atoms with E-state index < -0.39 is 0 Å². The highest BCUT2D eigenvalue weighted by atomic mass is 79.9. The van der Waals surface area contributed by atoms with Crippen molar-refractivity contribution in [2.24, 2.45) is 0 Å². The smallest absolute Gasteiger partial charge is 0.252 e. The maximum atomic E-state index is 12.4. The Morgan fingerprint density at radius 1 is 1.35 bits per heavy atom. The van der Waals surface area contributed by atoms with Gasteiger partial charge in [-0.25, -0.2) is 0 Å². The first-order valence-corrected chi connectivity index (χ1v) is 8.49. The van der Waals surface area contributed by atoms with Crippen LogP contribution in [0.25, 0.3) is 0 Å². The third-order valence-corrected chi connectivity index (χ3v) is 4.37. The Kier molecular flexibility index (Phi) is 6.84. The third-order valence-electron chi connectivity index (χ3n) is 3.64. The number of pyridine rings is 1. The van der Waals surface area contributed by atoms with E-state index >= 15 is 0 Å². The predicted octanol–water partition coefficient (Wildman–Crippen LogP) is 3.43. The van der Waals surface area contributed by atoms with Gasteiger partial charge in [-0.2, -0.15) is 0 Å². The summed E-state index contributed by atoms with van der Waals surface area (Å²) in [5.74, 6) is 0. The molecule has 1 heterocycles. The zero-order chi connectivity index (χ0) is 16.8. The molecule has 0 saturated heterocycles. The van der Waals surface area contributed by atoms with Gasteiger partial charge in [-0.05, 0) is 30.8 Å². The molecule has 0 radical (unpaired) electrons. The van der Waals surface area contributed by atoms with Crippen LogP contribution in [0.2, 0.25) is 5.02 Å². The standard InChI is InChI=1S/C17H20BrClN2O2/c1-20(8-9-23-2)12-16(13-4-3-5-15(19)10-13)21-7-6-14(18)11-17(21)22/h3-7,10-11,16H,8-9,12H2,1-2H3. The van der Waals surface area contributed by atoms with Crippen LogP contribution in [0, 0.1) is 0 Å². The molecule has 0 aliphatic rings. The van der Waals surface area contributed by atoms with E-state index in [1.165, 1.54) is 0 Å². The second-order valence-electron chi connectivity index (χ2n) is 5.42. The molecule has 0 fully saturated rings. The fourth-order valence-corrected chi connectivity index (χ4v) is 2.94. The van der Waals surface area contributed by atoms with E-state index in [0.29, 0.717) is 18.2 Å². The number of methoxy groups -OCH3 is 1. The number of halogens is 2. The molecule has 23 heavy (non-hydrogen) atoms. The first-order chi connectivity index (χ1) is 11.0. The van der Waals surface area contributed by atoms with Crippen LogP contribution in [-0.2, 0) is 4.74 Å². The minimum absolute atomic E-state index is 0.0514. The molecule has 0 aliphatic carbocycles. The lowest BCUT2D eigenvalue weighted by atomic mass is 10.1. The molecule has 1 atom stereocenters. The van der Waals surface area contributed by atoms with Gasteiger partial charge in [0.05, 0.1) is 12.6 Å². The second kappa shape index (κ2) is 8.64. The number of nitrogens with zero attached hydrogens (tertiary/aromatic N) is 2. The fourth-order valence-electron chi connectivity index (χ4n) is 2.42. The Bertz CT molecular complexity index is 705. The highest BCUT2D eigenvalue weighted by Crippen LogP contribution is 2.22. The van der Waals surface area contributed by atoms with Crippen LogP contribution in [0.15, 0.2) is 51.9 Å². The lowest BCUT2D eigenvalue weighted by molar-refractivity contribution is 0.155. The maximum Gasteiger partial charge on any atom is 0.252 e. The SMILES string of the molecule is COCCN(C)CC(c1cccc(Cl)c1)n1ccc(Br)cc1=O. The number of benzene rings is 1. The van der Waals surface area contributed by atoms with Gasteiger partial charge in [-0.3, -0.25) is 4.79 Å². The van der Waals surface area contributed by atoms with E-state index in [1.54, 1.807) is 17.7 Å². The Labute approximate surface area is 149 Å². The highest BCUT2D eigenvalue weighted by molar-refractivity contribution is 9.10. The first kappa shape index (κ1) is 18.2. The zero-order valence-corrected chi connectivity index (χ0v) is 15.5. The molecule has 4 nitrogen and oxygen atoms in total. The molecular formula is C17H20BrClN2O2. The lowest BCUT2D eigenvalue weighted by Crippen LogP contribution is -2.35. The first-order valence-electron chi connectivity index (χ1n) is 7.32. The number of likely N-dealkylation sites (N-methyl/N-ethyl adjacent to an activating group) is 1. The molecule has 2 aromatic rings. The summed E-state index contributed by atoms with van der Waals surface area (Å²) in [7, 11) is 3.70. The van der Waals surface area contributed by atoms with Gasteiger partial charge >= 0.3 is 0 Å². The molecule has 1 aromatic heterocycles. The van der Waals surface area contributed by atoms with Crippen LogP contribution in [0.3, 0.4) is 0 Å². The van der Waals surface area contributed by atoms with Crippen molar-refractivity contribution in [2.75, 3.05) is 33.9 Å². The molecule has 2 rings (SSSR count). The van der Waals surface area contributed by atoms with E-state index in [0.717, 1.165) is 16.6 Å². The molecule has 0 aliphatic heterocycles. The molecule has 6 heteroatoms. The summed E-state index contributed by atoms with van der Waals surface area (Å²) in [5, 5.41) is 0.664. The molecule has 124 valence electrons. The van der Waals surface area contributed by atoms with Gasteiger partial charge < -0.3 is 14.2 Å². The van der Waals surface area contributed by atoms with Crippen molar-refractivity contribution in [1.29, 1.82) is 0 Å². The van der Waals surface area contributed by atoms with Gasteiger partial charge in [-0.15, -0.1) is 0 Å². The van der Waals surface area contributed by atoms with Gasteiger partial charge in [0, 0.05) is 42.0 Å². The second-order valence-corrected chi connectivity index (χ2v) is 6.77. The summed E-state index contributed by atoms with van der Waals surface area (Å²) in [5.41, 5.74) is 0.954. The summed E-state index contributed by atoms with van der Waals surface area (Å²) in [6, 6.07) is 11.0. The van der Waals surface area contributed by atoms with Crippen LogP contribution >= 0.6 is 27.5 Å². The van der Waals surface area contributed by atoms with E-state index in [2.05, 4.69) is 20.8 Å². The summed E-state index contributed by atoms with van der Waals surface area (Å²) in [4.78, 5) is 14.5. The van der Waals surface area contributed by atoms with Gasteiger partial charge in [0.2, 0.25) is 0 Å². The lowest BCUT2D eigenvalue weighted by Gasteiger charge is -2.26. The van der Waals surface area contributed by atoms with E-state index in [1.807, 2.05) is 43.6 Å². The van der Waals surface area contributed by atoms with E-state index in [-0.39, 0.29) is 11.6 Å². The van der Waals surface area contributed by atoms with Crippen molar-refractivity contribution in [3.05, 3.63) is 68.0 Å². The third kappa shape index (κ3) is 5.18. The predicted molar refractivity (Wildman–Crippen MR) is 97.4 cm³/mol. The van der Waals surface area contributed by atoms with Crippen LogP contribution in [0.5, 0.6) is 0 Å². The van der Waals surface area contributed by atoms with Gasteiger partial charge in [0.25, 0.3) is 5.56 Å². The van der Waals surface area contributed by atoms with Gasteiger partial charge in [0.15, 0.2) is 0 Å². The molecular weight excluding hydrogens is 380 g/mol. The van der Waals surface area contributed by atoms with Crippen LogP contribution in [0.4, 0.5) is 0 Å². The minimum Gasteiger partial charge on any atom is -0.383 e. The maximum absolute atomic E-state index is 12.4. The summed E-state index contributed by atoms with van der Waals surface area (Å²) in [6.07, 6.45) is 1.81. The Morgan fingerprint density at radius 2 is 2.13 bits per heavy atom. The largest absolute Gasteiger partial charge is 0.383 e. The van der Waals surface area contributed by atoms with Crippen LogP contribution in [0.1, 0.15) is 11.6 Å². The number of hydrogen-bond donors (Lipinski definition) is 0. The number of ether oxygens (including phenoxy) is 1. The molecule has 0 bridgehead atoms. The van der Waals surface area contributed by atoms with E-state index in [4.69, 9.17) is 16.3 Å². The summed E-state index contributed by atoms with van der Waals surface area (Å²) >= 11 is 9.47. The van der Waals surface area contributed by atoms with Gasteiger partial charge in [-0.1, -0.05) is 39.7 Å². The van der Waals surface area contributed by atoms with Crippen molar-refractivity contribution in [3.63, 3.8) is 0 Å². The highest BCUT2D eigenvalue weighted by Gasteiger charge is 2.17. The molecule has 1 aromatic carbocycles. The van der Waals surface area contributed by atoms with Crippen LogP contribution < -0.4 is 5.56 Å². The van der Waals surface area contributed by atoms with E-state index in [9.17, 15) is 4.79 Å². The zero-order valence-electron chi connectivity index (χ0n) is 13.2. The van der Waals surface area contributed by atoms with Gasteiger partial charge in [0.1, 0.15) is 0 Å². The van der Waals surface area contributed by atoms with Crippen molar-refractivity contribution in [1.82, 2.24) is 9.47 Å². The Morgan fingerprint density at radius 3 is 2.78 bits per heavy atom. The molecule has 0 spiro atoms. The van der Waals surface area contributed by atoms with Crippen LogP contribution in [-0.4, -0.2) is 43.3 Å². The summed E-state index contributed by atoms with van der Waals surface area (Å²) < 4.78 is 7.64. The Hall–Kier alpha value is -1.14. The topological polar surface area (TPSA) is 34.5 Å².